The van der Waals surface area contributed by atoms with E-state index in [2.05, 4.69) is 4.98 Å². The number of anilines is 1. The van der Waals surface area contributed by atoms with Gasteiger partial charge < -0.3 is 20.3 Å². The first-order chi connectivity index (χ1) is 13.8. The zero-order valence-electron chi connectivity index (χ0n) is 15.9. The van der Waals surface area contributed by atoms with Crippen molar-refractivity contribution in [2.45, 2.75) is 19.4 Å². The molecule has 3 aromatic rings. The molecule has 2 aromatic heterocycles. The van der Waals surface area contributed by atoms with E-state index in [0.717, 1.165) is 6.20 Å². The maximum atomic E-state index is 15.1. The number of carboxylic acid groups (broad SMARTS) is 1. The summed E-state index contributed by atoms with van der Waals surface area (Å²) < 4.78 is 29.9. The lowest BCUT2D eigenvalue weighted by atomic mass is 10.1. The number of rotatable bonds is 3. The van der Waals surface area contributed by atoms with Crippen LogP contribution in [0.2, 0.25) is 0 Å². The van der Waals surface area contributed by atoms with Crippen LogP contribution < -0.4 is 16.1 Å². The number of benzene rings is 1. The normalized spacial score (nSPS) is 16.0. The number of carboxylic acids is 1. The summed E-state index contributed by atoms with van der Waals surface area (Å²) in [6, 6.07) is 5.15. The van der Waals surface area contributed by atoms with Gasteiger partial charge in [-0.15, -0.1) is 12.4 Å². The minimum atomic E-state index is -1.44. The molecule has 1 saturated heterocycles. The highest BCUT2D eigenvalue weighted by molar-refractivity contribution is 5.93. The summed E-state index contributed by atoms with van der Waals surface area (Å²) in [5, 5.41) is 9.32. The van der Waals surface area contributed by atoms with Crippen molar-refractivity contribution in [2.75, 3.05) is 18.0 Å². The molecule has 0 saturated carbocycles. The van der Waals surface area contributed by atoms with E-state index in [1.54, 1.807) is 4.90 Å². The first-order valence-electron chi connectivity index (χ1n) is 9.03. The van der Waals surface area contributed by atoms with Crippen molar-refractivity contribution < 1.29 is 18.7 Å². The third kappa shape index (κ3) is 3.50. The zero-order valence-corrected chi connectivity index (χ0v) is 16.7. The molecule has 1 atom stereocenters. The number of hydrogen-bond donors (Lipinski definition) is 2. The Labute approximate surface area is 176 Å². The monoisotopic (exact) mass is 436 g/mol. The van der Waals surface area contributed by atoms with Gasteiger partial charge in [-0.05, 0) is 37.6 Å². The number of carbonyl (C=O) groups is 1. The molecule has 7 nitrogen and oxygen atoms in total. The highest BCUT2D eigenvalue weighted by Crippen LogP contribution is 2.29. The van der Waals surface area contributed by atoms with Gasteiger partial charge in [0.25, 0.3) is 0 Å². The number of nitrogens with zero attached hydrogens (tertiary/aromatic N) is 3. The van der Waals surface area contributed by atoms with Crippen LogP contribution in [-0.2, 0) is 0 Å². The van der Waals surface area contributed by atoms with E-state index in [9.17, 15) is 19.1 Å². The molecule has 10 heteroatoms. The van der Waals surface area contributed by atoms with Crippen LogP contribution in [0.5, 0.6) is 0 Å². The largest absolute Gasteiger partial charge is 0.477 e. The predicted octanol–water partition coefficient (Wildman–Crippen LogP) is 2.63. The Bertz CT molecular complexity index is 1200. The Kier molecular flexibility index (Phi) is 5.78. The minimum absolute atomic E-state index is 0. The second-order valence-corrected chi connectivity index (χ2v) is 7.09. The first-order valence-corrected chi connectivity index (χ1v) is 9.03. The van der Waals surface area contributed by atoms with Gasteiger partial charge in [0, 0.05) is 36.6 Å². The van der Waals surface area contributed by atoms with Crippen molar-refractivity contribution in [1.82, 2.24) is 9.55 Å². The van der Waals surface area contributed by atoms with Crippen LogP contribution in [0.3, 0.4) is 0 Å². The molecular formula is C20H19ClF2N4O3. The summed E-state index contributed by atoms with van der Waals surface area (Å²) in [4.78, 5) is 30.5. The molecular weight excluding hydrogens is 418 g/mol. The van der Waals surface area contributed by atoms with Gasteiger partial charge in [0.05, 0.1) is 5.39 Å². The average molecular weight is 437 g/mol. The lowest BCUT2D eigenvalue weighted by molar-refractivity contribution is 0.0695. The minimum Gasteiger partial charge on any atom is -0.477 e. The molecule has 1 aliphatic heterocycles. The number of pyridine rings is 2. The summed E-state index contributed by atoms with van der Waals surface area (Å²) in [6.45, 7) is 2.35. The van der Waals surface area contributed by atoms with Gasteiger partial charge >= 0.3 is 5.97 Å². The maximum Gasteiger partial charge on any atom is 0.341 e. The van der Waals surface area contributed by atoms with Gasteiger partial charge in [0.2, 0.25) is 5.43 Å². The van der Waals surface area contributed by atoms with Gasteiger partial charge in [-0.3, -0.25) is 4.79 Å². The molecule has 3 heterocycles. The summed E-state index contributed by atoms with van der Waals surface area (Å²) in [7, 11) is 0. The van der Waals surface area contributed by atoms with E-state index in [4.69, 9.17) is 5.73 Å². The third-order valence-corrected chi connectivity index (χ3v) is 5.15. The Morgan fingerprint density at radius 2 is 1.93 bits per heavy atom. The Hall–Kier alpha value is -3.04. The van der Waals surface area contributed by atoms with Crippen LogP contribution in [0, 0.1) is 18.6 Å². The molecule has 3 N–H and O–H groups in total. The summed E-state index contributed by atoms with van der Waals surface area (Å²) in [5.41, 5.74) is 5.08. The fourth-order valence-corrected chi connectivity index (χ4v) is 3.62. The standard InChI is InChI=1S/C20H18F2N4O3.ClH/c1-10-15-17(27)14(20(28)29)9-26(13-4-2-11(21)3-5-13)18(15)24-19(16(10)22)25-7-6-12(23)8-25;/h2-5,9,12H,6-8,23H2,1H3,(H,28,29);1H/t12-;/m0./s1. The van der Waals surface area contributed by atoms with Crippen molar-refractivity contribution in [3.8, 4) is 5.69 Å². The second kappa shape index (κ2) is 8.00. The fraction of sp³-hybridized carbons (Fsp3) is 0.250. The SMILES string of the molecule is Cc1c(F)c(N2CC[C@H](N)C2)nc2c1c(=O)c(C(=O)O)cn2-c1ccc(F)cc1.Cl. The smallest absolute Gasteiger partial charge is 0.341 e. The molecule has 0 aliphatic carbocycles. The van der Waals surface area contributed by atoms with E-state index in [-0.39, 0.29) is 40.9 Å². The molecule has 30 heavy (non-hydrogen) atoms. The Morgan fingerprint density at radius 3 is 2.50 bits per heavy atom. The van der Waals surface area contributed by atoms with Crippen molar-refractivity contribution in [3.05, 3.63) is 63.4 Å². The van der Waals surface area contributed by atoms with Gasteiger partial charge in [-0.2, -0.15) is 0 Å². The van der Waals surface area contributed by atoms with E-state index >= 15 is 4.39 Å². The van der Waals surface area contributed by atoms with Gasteiger partial charge in [-0.25, -0.2) is 18.6 Å². The molecule has 158 valence electrons. The predicted molar refractivity (Wildman–Crippen MR) is 111 cm³/mol. The van der Waals surface area contributed by atoms with E-state index in [1.165, 1.54) is 35.8 Å². The average Bonchev–Trinajstić information content (AvgIpc) is 3.11. The van der Waals surface area contributed by atoms with Crippen LogP contribution >= 0.6 is 12.4 Å². The van der Waals surface area contributed by atoms with Crippen LogP contribution in [0.1, 0.15) is 22.3 Å². The number of hydrogen-bond acceptors (Lipinski definition) is 5. The Balaban J connectivity index is 0.00000256. The highest BCUT2D eigenvalue weighted by Gasteiger charge is 2.27. The summed E-state index contributed by atoms with van der Waals surface area (Å²) in [6.07, 6.45) is 1.81. The van der Waals surface area contributed by atoms with Crippen molar-refractivity contribution >= 4 is 35.2 Å². The van der Waals surface area contributed by atoms with Crippen LogP contribution in [-0.4, -0.2) is 39.8 Å². The summed E-state index contributed by atoms with van der Waals surface area (Å²) >= 11 is 0. The quantitative estimate of drug-likeness (QED) is 0.654. The van der Waals surface area contributed by atoms with Gasteiger partial charge in [0.15, 0.2) is 17.3 Å². The van der Waals surface area contributed by atoms with Gasteiger partial charge in [0.1, 0.15) is 11.4 Å². The van der Waals surface area contributed by atoms with Crippen molar-refractivity contribution in [3.63, 3.8) is 0 Å². The topological polar surface area (TPSA) is 101 Å². The number of fused-ring (bicyclic) bond motifs is 1. The van der Waals surface area contributed by atoms with Crippen LogP contribution in [0.15, 0.2) is 35.3 Å². The van der Waals surface area contributed by atoms with E-state index < -0.39 is 28.6 Å². The molecule has 0 bridgehead atoms. The number of nitrogens with two attached hydrogens (primary N) is 1. The van der Waals surface area contributed by atoms with E-state index in [0.29, 0.717) is 25.2 Å². The molecule has 0 radical (unpaired) electrons. The van der Waals surface area contributed by atoms with Crippen LogP contribution in [0.4, 0.5) is 14.6 Å². The Morgan fingerprint density at radius 1 is 1.27 bits per heavy atom. The second-order valence-electron chi connectivity index (χ2n) is 7.09. The summed E-state index contributed by atoms with van der Waals surface area (Å²) in [5.74, 6) is -2.54. The first kappa shape index (κ1) is 21.7. The number of aromatic carboxylic acids is 1. The molecule has 1 fully saturated rings. The number of aromatic nitrogens is 2. The van der Waals surface area contributed by atoms with Gasteiger partial charge in [-0.1, -0.05) is 0 Å². The van der Waals surface area contributed by atoms with E-state index in [1.807, 2.05) is 0 Å². The maximum absolute atomic E-state index is 15.1. The number of halogens is 3. The van der Waals surface area contributed by atoms with Crippen molar-refractivity contribution in [1.29, 1.82) is 0 Å². The zero-order chi connectivity index (χ0) is 20.9. The highest BCUT2D eigenvalue weighted by atomic mass is 35.5. The molecule has 0 unspecified atom stereocenters. The molecule has 0 amide bonds. The number of aryl methyl sites for hydroxylation is 1. The fourth-order valence-electron chi connectivity index (χ4n) is 3.62. The van der Waals surface area contributed by atoms with Crippen molar-refractivity contribution in [2.24, 2.45) is 5.73 Å². The molecule has 4 rings (SSSR count). The lowest BCUT2D eigenvalue weighted by Crippen LogP contribution is -2.28. The molecule has 0 spiro atoms. The molecule has 1 aliphatic rings. The lowest BCUT2D eigenvalue weighted by Gasteiger charge is -2.21. The van der Waals surface area contributed by atoms with Crippen LogP contribution in [0.25, 0.3) is 16.7 Å². The third-order valence-electron chi connectivity index (χ3n) is 5.15. The molecule has 1 aromatic carbocycles.